The first-order valence-corrected chi connectivity index (χ1v) is 8.85. The summed E-state index contributed by atoms with van der Waals surface area (Å²) in [5.74, 6) is 0.453. The van der Waals surface area contributed by atoms with E-state index in [0.29, 0.717) is 23.0 Å². The molecule has 4 nitrogen and oxygen atoms in total. The number of benzene rings is 1. The number of nitrogens with one attached hydrogen (secondary N) is 2. The molecule has 2 aromatic rings. The van der Waals surface area contributed by atoms with Crippen molar-refractivity contribution in [2.45, 2.75) is 25.2 Å². The highest BCUT2D eigenvalue weighted by Gasteiger charge is 2.27. The molecular weight excluding hydrogens is 393 g/mol. The van der Waals surface area contributed by atoms with Crippen molar-refractivity contribution in [1.29, 1.82) is 0 Å². The molecule has 1 aromatic carbocycles. The average molecular weight is 415 g/mol. The van der Waals surface area contributed by atoms with Gasteiger partial charge in [-0.25, -0.2) is 0 Å². The third-order valence-corrected chi connectivity index (χ3v) is 4.90. The van der Waals surface area contributed by atoms with Crippen LogP contribution in [-0.4, -0.2) is 30.5 Å². The van der Waals surface area contributed by atoms with Gasteiger partial charge in [0.15, 0.2) is 0 Å². The fraction of sp³-hybridized carbons (Fsp3) is 0.368. The number of pyridine rings is 1. The first-order valence-electron chi connectivity index (χ1n) is 8.48. The van der Waals surface area contributed by atoms with Crippen LogP contribution < -0.4 is 10.6 Å². The van der Waals surface area contributed by atoms with Crippen molar-refractivity contribution in [3.05, 3.63) is 52.2 Å². The fourth-order valence-corrected chi connectivity index (χ4v) is 3.29. The van der Waals surface area contributed by atoms with Crippen LogP contribution in [0.2, 0.25) is 5.02 Å². The molecule has 1 fully saturated rings. The van der Waals surface area contributed by atoms with Gasteiger partial charge in [0.1, 0.15) is 0 Å². The Morgan fingerprint density at radius 3 is 2.77 bits per heavy atom. The van der Waals surface area contributed by atoms with E-state index in [0.717, 1.165) is 48.9 Å². The number of amides is 1. The summed E-state index contributed by atoms with van der Waals surface area (Å²) < 4.78 is 0. The summed E-state index contributed by atoms with van der Waals surface area (Å²) in [7, 11) is 0. The Kier molecular flexibility index (Phi) is 7.30. The largest absolute Gasteiger partial charge is 0.348 e. The predicted molar refractivity (Wildman–Crippen MR) is 111 cm³/mol. The molecule has 140 valence electrons. The van der Waals surface area contributed by atoms with Gasteiger partial charge in [-0.3, -0.25) is 9.78 Å². The van der Waals surface area contributed by atoms with Crippen LogP contribution in [0.1, 0.15) is 41.2 Å². The Morgan fingerprint density at radius 1 is 1.27 bits per heavy atom. The maximum absolute atomic E-state index is 12.8. The predicted octanol–water partition coefficient (Wildman–Crippen LogP) is 4.26. The molecular formula is C19H22Cl3N3O. The van der Waals surface area contributed by atoms with Gasteiger partial charge >= 0.3 is 0 Å². The van der Waals surface area contributed by atoms with E-state index >= 15 is 0 Å². The molecule has 7 heteroatoms. The number of carbonyl (C=O) groups excluding carboxylic acids is 1. The summed E-state index contributed by atoms with van der Waals surface area (Å²) in [6, 6.07) is 7.51. The lowest BCUT2D eigenvalue weighted by atomic mass is 10.0. The SMILES string of the molecule is Cl.Cl.O=C(NCC1=CCNCC1)c1cc(C2CC2)nc2ccc(Cl)cc12. The number of aromatic nitrogens is 1. The van der Waals surface area contributed by atoms with Gasteiger partial charge in [0, 0.05) is 35.1 Å². The highest BCUT2D eigenvalue weighted by molar-refractivity contribution is 6.31. The van der Waals surface area contributed by atoms with Crippen molar-refractivity contribution >= 4 is 53.2 Å². The van der Waals surface area contributed by atoms with Crippen LogP contribution in [0.25, 0.3) is 10.9 Å². The summed E-state index contributed by atoms with van der Waals surface area (Å²) in [4.78, 5) is 17.5. The van der Waals surface area contributed by atoms with Crippen LogP contribution in [0, 0.1) is 0 Å². The van der Waals surface area contributed by atoms with Gasteiger partial charge in [-0.05, 0) is 50.1 Å². The second-order valence-corrected chi connectivity index (χ2v) is 6.97. The standard InChI is InChI=1S/C19H20ClN3O.2ClH/c20-14-3-4-17-15(9-14)16(10-18(23-17)13-1-2-13)19(24)22-11-12-5-7-21-8-6-12;;/h3-5,9-10,13,21H,1-2,6-8,11H2,(H,22,24);2*1H. The molecule has 26 heavy (non-hydrogen) atoms. The molecule has 0 atom stereocenters. The summed E-state index contributed by atoms with van der Waals surface area (Å²) in [6.07, 6.45) is 5.46. The van der Waals surface area contributed by atoms with Crippen LogP contribution >= 0.6 is 36.4 Å². The number of hydrogen-bond acceptors (Lipinski definition) is 3. The van der Waals surface area contributed by atoms with E-state index in [-0.39, 0.29) is 30.7 Å². The Bertz CT molecular complexity index is 834. The Balaban J connectivity index is 0.00000121. The summed E-state index contributed by atoms with van der Waals surface area (Å²) in [6.45, 7) is 2.45. The lowest BCUT2D eigenvalue weighted by Crippen LogP contribution is -2.29. The third-order valence-electron chi connectivity index (χ3n) is 4.66. The molecule has 0 unspecified atom stereocenters. The van der Waals surface area contributed by atoms with Crippen LogP contribution in [0.5, 0.6) is 0 Å². The number of fused-ring (bicyclic) bond motifs is 1. The Morgan fingerprint density at radius 2 is 2.08 bits per heavy atom. The van der Waals surface area contributed by atoms with Crippen molar-refractivity contribution in [2.75, 3.05) is 19.6 Å². The lowest BCUT2D eigenvalue weighted by Gasteiger charge is -2.15. The van der Waals surface area contributed by atoms with Gasteiger partial charge in [0.05, 0.1) is 11.1 Å². The van der Waals surface area contributed by atoms with Gasteiger partial charge < -0.3 is 10.6 Å². The Hall–Kier alpha value is -1.33. The van der Waals surface area contributed by atoms with Gasteiger partial charge in [-0.1, -0.05) is 23.3 Å². The van der Waals surface area contributed by atoms with E-state index in [2.05, 4.69) is 16.7 Å². The van der Waals surface area contributed by atoms with E-state index < -0.39 is 0 Å². The monoisotopic (exact) mass is 413 g/mol. The molecule has 4 rings (SSSR count). The molecule has 1 aliphatic carbocycles. The zero-order valence-corrected chi connectivity index (χ0v) is 16.6. The first kappa shape index (κ1) is 21.0. The van der Waals surface area contributed by atoms with Crippen LogP contribution in [0.15, 0.2) is 35.9 Å². The fourth-order valence-electron chi connectivity index (χ4n) is 3.11. The lowest BCUT2D eigenvalue weighted by molar-refractivity contribution is 0.0958. The van der Waals surface area contributed by atoms with E-state index in [1.165, 1.54) is 5.57 Å². The molecule has 1 amide bonds. The van der Waals surface area contributed by atoms with Crippen molar-refractivity contribution < 1.29 is 4.79 Å². The molecule has 2 aliphatic rings. The molecule has 2 heterocycles. The van der Waals surface area contributed by atoms with Gasteiger partial charge in [-0.15, -0.1) is 24.8 Å². The van der Waals surface area contributed by atoms with Crippen molar-refractivity contribution in [1.82, 2.24) is 15.6 Å². The maximum atomic E-state index is 12.8. The van der Waals surface area contributed by atoms with Crippen LogP contribution in [-0.2, 0) is 0 Å². The van der Waals surface area contributed by atoms with Gasteiger partial charge in [-0.2, -0.15) is 0 Å². The number of halogens is 3. The molecule has 0 spiro atoms. The highest BCUT2D eigenvalue weighted by Crippen LogP contribution is 2.40. The van der Waals surface area contributed by atoms with Gasteiger partial charge in [0.2, 0.25) is 0 Å². The molecule has 0 radical (unpaired) electrons. The topological polar surface area (TPSA) is 54.0 Å². The minimum atomic E-state index is -0.0500. The molecule has 1 aromatic heterocycles. The number of hydrogen-bond donors (Lipinski definition) is 2. The summed E-state index contributed by atoms with van der Waals surface area (Å²) in [5.41, 5.74) is 3.82. The zero-order valence-electron chi connectivity index (χ0n) is 14.3. The minimum Gasteiger partial charge on any atom is -0.348 e. The highest BCUT2D eigenvalue weighted by atomic mass is 35.5. The molecule has 1 aliphatic heterocycles. The Labute approximate surface area is 170 Å². The van der Waals surface area contributed by atoms with Gasteiger partial charge in [0.25, 0.3) is 5.91 Å². The number of carbonyl (C=O) groups is 1. The van der Waals surface area contributed by atoms with E-state index in [9.17, 15) is 4.79 Å². The van der Waals surface area contributed by atoms with E-state index in [4.69, 9.17) is 16.6 Å². The van der Waals surface area contributed by atoms with Crippen molar-refractivity contribution in [3.8, 4) is 0 Å². The minimum absolute atomic E-state index is 0. The number of nitrogens with zero attached hydrogens (tertiary/aromatic N) is 1. The second-order valence-electron chi connectivity index (χ2n) is 6.53. The summed E-state index contributed by atoms with van der Waals surface area (Å²) >= 11 is 6.13. The molecule has 2 N–H and O–H groups in total. The number of rotatable bonds is 4. The van der Waals surface area contributed by atoms with Crippen molar-refractivity contribution in [2.24, 2.45) is 0 Å². The first-order chi connectivity index (χ1) is 11.7. The average Bonchev–Trinajstić information content (AvgIpc) is 3.45. The molecule has 0 saturated heterocycles. The smallest absolute Gasteiger partial charge is 0.252 e. The summed E-state index contributed by atoms with van der Waals surface area (Å²) in [5, 5.41) is 7.79. The van der Waals surface area contributed by atoms with E-state index in [1.807, 2.05) is 24.3 Å². The zero-order chi connectivity index (χ0) is 16.5. The van der Waals surface area contributed by atoms with Crippen LogP contribution in [0.3, 0.4) is 0 Å². The third kappa shape index (κ3) is 4.68. The van der Waals surface area contributed by atoms with Crippen molar-refractivity contribution in [3.63, 3.8) is 0 Å². The van der Waals surface area contributed by atoms with Crippen LogP contribution in [0.4, 0.5) is 0 Å². The normalized spacial score (nSPS) is 16.3. The quantitative estimate of drug-likeness (QED) is 0.735. The second kappa shape index (κ2) is 9.05. The van der Waals surface area contributed by atoms with E-state index in [1.54, 1.807) is 0 Å². The molecule has 1 saturated carbocycles. The maximum Gasteiger partial charge on any atom is 0.252 e. The molecule has 0 bridgehead atoms.